The third-order valence-corrected chi connectivity index (χ3v) is 31.2. The highest BCUT2D eigenvalue weighted by Crippen LogP contribution is 2.57. The Labute approximate surface area is 772 Å². The molecule has 0 radical (unpaired) electrons. The summed E-state index contributed by atoms with van der Waals surface area (Å²) in [7, 11) is 10.4. The molecule has 0 saturated heterocycles. The summed E-state index contributed by atoms with van der Waals surface area (Å²) in [6.07, 6.45) is 10.8. The Hall–Kier alpha value is -11.8. The molecule has 10 heteroatoms. The maximum absolute atomic E-state index is 8.19. The molecule has 15 aromatic rings. The molecule has 0 saturated carbocycles. The highest BCUT2D eigenvalue weighted by atomic mass is 15.4. The predicted molar refractivity (Wildman–Crippen MR) is 528 cm³/mol. The van der Waals surface area contributed by atoms with Crippen LogP contribution in [-0.4, -0.2) is 23.4 Å². The van der Waals surface area contributed by atoms with Crippen LogP contribution in [0.1, 0.15) is 240 Å². The molecule has 0 amide bonds. The number of fused-ring (bicyclic) bond motifs is 12. The van der Waals surface area contributed by atoms with Crippen molar-refractivity contribution in [2.24, 2.45) is 35.2 Å². The van der Waals surface area contributed by atoms with E-state index in [-0.39, 0.29) is 54.4 Å². The molecule has 9 heterocycles. The van der Waals surface area contributed by atoms with Crippen LogP contribution in [0, 0.1) is 89.8 Å². The predicted octanol–water partition coefficient (Wildman–Crippen LogP) is 25.1. The van der Waals surface area contributed by atoms with Crippen LogP contribution in [0.5, 0.6) is 0 Å². The second-order valence-electron chi connectivity index (χ2n) is 41.1. The summed E-state index contributed by atoms with van der Waals surface area (Å²) >= 11 is 0. The average Bonchev–Trinajstić information content (AvgIpc) is 1.53. The average molecular weight is 1700 g/mol. The number of aryl methyl sites for hydroxylation is 17. The van der Waals surface area contributed by atoms with E-state index in [1.54, 1.807) is 30.3 Å². The molecule has 0 aliphatic carbocycles. The normalized spacial score (nSPS) is 17.2. The van der Waals surface area contributed by atoms with Gasteiger partial charge in [-0.05, 0) is 214 Å². The van der Waals surface area contributed by atoms with E-state index >= 15 is 0 Å². The first-order chi connectivity index (χ1) is 63.2. The summed E-state index contributed by atoms with van der Waals surface area (Å²) < 4.78 is 95.3. The van der Waals surface area contributed by atoms with Crippen molar-refractivity contribution < 1.29 is 35.7 Å². The summed E-state index contributed by atoms with van der Waals surface area (Å²) in [4.78, 5) is 0. The number of hydrogen-bond acceptors (Lipinski definition) is 0. The molecular formula is C117H141N10+5. The van der Waals surface area contributed by atoms with Gasteiger partial charge in [-0.2, -0.15) is 0 Å². The molecule has 127 heavy (non-hydrogen) atoms. The van der Waals surface area contributed by atoms with E-state index in [1.165, 1.54) is 118 Å². The topological polar surface area (TPSA) is 44.0 Å². The third kappa shape index (κ3) is 14.2. The maximum Gasteiger partial charge on any atom is 0.246 e. The zero-order valence-corrected chi connectivity index (χ0v) is 81.5. The number of hydrogen-bond donors (Lipinski definition) is 0. The van der Waals surface area contributed by atoms with Crippen LogP contribution in [-0.2, 0) is 78.6 Å². The monoisotopic (exact) mass is 1700 g/mol. The van der Waals surface area contributed by atoms with Crippen molar-refractivity contribution >= 4 is 0 Å². The van der Waals surface area contributed by atoms with Gasteiger partial charge in [-0.15, -0.1) is 46.8 Å². The number of benzene rings is 10. The zero-order chi connectivity index (χ0) is 99.6. The van der Waals surface area contributed by atoms with Crippen LogP contribution >= 0.6 is 0 Å². The Kier molecular flexibility index (Phi) is 20.0. The van der Waals surface area contributed by atoms with Gasteiger partial charge in [-0.25, -0.2) is 0 Å². The molecule has 5 aromatic heterocycles. The minimum atomic E-state index is -2.31. The fraction of sp³-hybridized carbons (Fsp3) is 0.359. The van der Waals surface area contributed by atoms with E-state index in [0.717, 1.165) is 61.6 Å². The van der Waals surface area contributed by atoms with Crippen molar-refractivity contribution in [1.29, 1.82) is 0 Å². The quantitative estimate of drug-likeness (QED) is 0.149. The molecule has 0 bridgehead atoms. The minimum Gasteiger partial charge on any atom is -0.127 e. The smallest absolute Gasteiger partial charge is 0.127 e. The Morgan fingerprint density at radius 1 is 0.268 bits per heavy atom. The standard InChI is InChI=1S/C27H29N2.2C25H31N2.C23H27N2.C17H23N2/c1-18-14-19(2)16-23(15-18)27-24(26-21(4)11-9-12-22(26)5)17-29(28(27)6)25-13-8-7-10-20(25)3;2*1-16-11-9-12-17(2)21(16)19-15-26(8)27-22-18(3)13-10-14-20(22)24(4,5)25(6,7)23(19)27;1-16-11-10-14-19-20(16)25-21(23(4,5)22(19,2)3)18(15-24(25)6)17-12-8-7-9-13-17;1-12-8-7-9-13-15(12)19-14(10-11-18(19)6)17(4,5)16(13,2)3/h7-17H,1-6H3;2*9-15H,1-8H3;7-15H,1-6H3;7-11H,1-6H3/q5*+1/i1D3,4D3;1D3;;;. The molecule has 654 valence electrons. The zero-order valence-electron chi connectivity index (χ0n) is 90.5. The van der Waals surface area contributed by atoms with Crippen LogP contribution in [0.25, 0.3) is 84.2 Å². The molecule has 10 nitrogen and oxygen atoms in total. The van der Waals surface area contributed by atoms with Crippen molar-refractivity contribution in [3.63, 3.8) is 0 Å². The van der Waals surface area contributed by atoms with Gasteiger partial charge < -0.3 is 0 Å². The summed E-state index contributed by atoms with van der Waals surface area (Å²) in [6.45, 7) is 52.1. The number of para-hydroxylation sites is 5. The highest BCUT2D eigenvalue weighted by Gasteiger charge is 2.56. The number of rotatable bonds is 6. The summed E-state index contributed by atoms with van der Waals surface area (Å²) in [5.74, 6) is 0. The Morgan fingerprint density at radius 2 is 0.598 bits per heavy atom. The molecule has 0 N–H and O–H groups in total. The second kappa shape index (κ2) is 32.2. The summed E-state index contributed by atoms with van der Waals surface area (Å²) in [5, 5.41) is 0. The van der Waals surface area contributed by atoms with Gasteiger partial charge in [0, 0.05) is 67.3 Å². The molecule has 4 aliphatic rings. The SMILES string of the molecule is Cc1cccc(C)c1-c1c[n+](C)n2c1C(C)(C)C(C)(C)c1cccc(C)c1-2.Cc1cccc2c1-n1c(c(-c3ccccc3)c[n+]1C)C(C)(C)C2(C)C.Cc1cccc2c1-n1c(cc[n+]1C)C(C)(C)C2(C)C.[2H]C([2H])([2H])c1cc(C)cc(-c2c(-c3c(C)cccc3C([2H])([2H])[2H])cn(-c3ccccc3C)[n+]2C)c1.[2H]C([2H])([2H])c1cccc(C)c1-c1c[n+](C)n2c1C(C)(C)C(C)(C)c1cccc(C)c1-2. The van der Waals surface area contributed by atoms with Crippen LogP contribution in [0.2, 0.25) is 0 Å². The Balaban J connectivity index is 0.000000131. The van der Waals surface area contributed by atoms with Crippen molar-refractivity contribution in [3.05, 3.63) is 355 Å². The lowest BCUT2D eigenvalue weighted by Crippen LogP contribution is -2.51. The van der Waals surface area contributed by atoms with E-state index in [2.05, 4.69) is 363 Å². The Bertz CT molecular complexity index is 7210. The lowest BCUT2D eigenvalue weighted by Gasteiger charge is -2.46. The van der Waals surface area contributed by atoms with Crippen LogP contribution in [0.3, 0.4) is 0 Å². The maximum atomic E-state index is 8.19. The van der Waals surface area contributed by atoms with Crippen LogP contribution < -0.4 is 23.4 Å². The van der Waals surface area contributed by atoms with Gasteiger partial charge in [-0.1, -0.05) is 304 Å². The molecule has 0 spiro atoms. The number of aromatic nitrogens is 10. The van der Waals surface area contributed by atoms with E-state index in [1.807, 2.05) is 106 Å². The number of nitrogens with zero attached hydrogens (tertiary/aromatic N) is 10. The van der Waals surface area contributed by atoms with Gasteiger partial charge in [0.1, 0.15) is 45.5 Å². The third-order valence-electron chi connectivity index (χ3n) is 31.2. The molecular weight excluding hydrogens is 1550 g/mol. The molecule has 0 atom stereocenters. The highest BCUT2D eigenvalue weighted by molar-refractivity contribution is 5.84. The first-order valence-electron chi connectivity index (χ1n) is 49.7. The van der Waals surface area contributed by atoms with Gasteiger partial charge in [0.25, 0.3) is 0 Å². The van der Waals surface area contributed by atoms with Gasteiger partial charge in [0.05, 0.1) is 34.1 Å². The molecule has 0 fully saturated rings. The lowest BCUT2D eigenvalue weighted by molar-refractivity contribution is -0.745. The van der Waals surface area contributed by atoms with E-state index in [4.69, 9.17) is 12.3 Å². The molecule has 4 aliphatic heterocycles. The van der Waals surface area contributed by atoms with Crippen LogP contribution in [0.4, 0.5) is 0 Å². The fourth-order valence-electron chi connectivity index (χ4n) is 21.4. The van der Waals surface area contributed by atoms with Gasteiger partial charge in [-0.3, -0.25) is 0 Å². The molecule has 19 rings (SSSR count). The van der Waals surface area contributed by atoms with Crippen molar-refractivity contribution in [1.82, 2.24) is 23.4 Å². The summed E-state index contributed by atoms with van der Waals surface area (Å²) in [5.41, 5.74) is 39.7. The van der Waals surface area contributed by atoms with Crippen molar-refractivity contribution in [2.45, 2.75) is 244 Å². The molecule has 10 aromatic carbocycles. The van der Waals surface area contributed by atoms with Crippen LogP contribution in [0.15, 0.2) is 237 Å². The van der Waals surface area contributed by atoms with E-state index in [0.29, 0.717) is 11.1 Å². The van der Waals surface area contributed by atoms with E-state index < -0.39 is 20.6 Å². The molecule has 0 unspecified atom stereocenters. The van der Waals surface area contributed by atoms with E-state index in [9.17, 15) is 0 Å². The van der Waals surface area contributed by atoms with Crippen molar-refractivity contribution in [3.8, 4) is 84.2 Å². The van der Waals surface area contributed by atoms with Gasteiger partial charge >= 0.3 is 0 Å². The fourth-order valence-corrected chi connectivity index (χ4v) is 21.4. The van der Waals surface area contributed by atoms with Crippen molar-refractivity contribution in [2.75, 3.05) is 0 Å². The first kappa shape index (κ1) is 78.7. The van der Waals surface area contributed by atoms with Gasteiger partial charge in [0.15, 0.2) is 41.4 Å². The second-order valence-corrected chi connectivity index (χ2v) is 41.1. The Morgan fingerprint density at radius 3 is 1.01 bits per heavy atom. The van der Waals surface area contributed by atoms with Gasteiger partial charge in [0.2, 0.25) is 24.3 Å². The largest absolute Gasteiger partial charge is 0.246 e. The first-order valence-corrected chi connectivity index (χ1v) is 45.2. The summed E-state index contributed by atoms with van der Waals surface area (Å²) in [6, 6.07) is 70.5. The lowest BCUT2D eigenvalue weighted by atomic mass is 9.59. The minimum absolute atomic E-state index is 0.000226.